The Hall–Kier alpha value is -1.94. The first-order valence-electron chi connectivity index (χ1n) is 5.18. The number of aromatic nitrogens is 1. The zero-order chi connectivity index (χ0) is 13.1. The van der Waals surface area contributed by atoms with Crippen molar-refractivity contribution in [3.05, 3.63) is 53.1 Å². The molecular weight excluding hydrogens is 257 g/mol. The number of pyridine rings is 1. The molecule has 0 aliphatic carbocycles. The molecule has 0 spiro atoms. The largest absolute Gasteiger partial charge is 0.481 e. The monoisotopic (exact) mass is 265 g/mol. The van der Waals surface area contributed by atoms with E-state index in [-0.39, 0.29) is 12.2 Å². The van der Waals surface area contributed by atoms with E-state index in [0.29, 0.717) is 21.8 Å². The van der Waals surface area contributed by atoms with E-state index in [1.54, 1.807) is 18.2 Å². The molecule has 0 atom stereocenters. The topological polar surface area (TPSA) is 50.2 Å². The van der Waals surface area contributed by atoms with Crippen molar-refractivity contribution < 1.29 is 14.3 Å². The molecular formula is C13H9ClFNO2. The molecule has 0 fully saturated rings. The molecule has 0 saturated heterocycles. The van der Waals surface area contributed by atoms with Crippen molar-refractivity contribution in [3.8, 4) is 11.1 Å². The van der Waals surface area contributed by atoms with Crippen LogP contribution in [0.2, 0.25) is 5.02 Å². The lowest BCUT2D eigenvalue weighted by atomic mass is 10.0. The van der Waals surface area contributed by atoms with Crippen LogP contribution in [0.15, 0.2) is 36.5 Å². The summed E-state index contributed by atoms with van der Waals surface area (Å²) >= 11 is 5.85. The van der Waals surface area contributed by atoms with Gasteiger partial charge in [0.05, 0.1) is 17.1 Å². The maximum Gasteiger partial charge on any atom is 0.309 e. The molecule has 1 N–H and O–H groups in total. The van der Waals surface area contributed by atoms with Gasteiger partial charge in [-0.25, -0.2) is 4.39 Å². The Morgan fingerprint density at radius 2 is 2.00 bits per heavy atom. The Kier molecular flexibility index (Phi) is 3.58. The number of hydrogen-bond donors (Lipinski definition) is 1. The molecule has 2 aromatic rings. The van der Waals surface area contributed by atoms with Crippen LogP contribution >= 0.6 is 11.6 Å². The quantitative estimate of drug-likeness (QED) is 0.927. The molecule has 1 heterocycles. The van der Waals surface area contributed by atoms with E-state index >= 15 is 0 Å². The fourth-order valence-corrected chi connectivity index (χ4v) is 1.79. The number of nitrogens with zero attached hydrogens (tertiary/aromatic N) is 1. The number of carbonyl (C=O) groups is 1. The second-order valence-corrected chi connectivity index (χ2v) is 4.16. The highest BCUT2D eigenvalue weighted by molar-refractivity contribution is 6.30. The van der Waals surface area contributed by atoms with E-state index in [1.807, 2.05) is 0 Å². The minimum absolute atomic E-state index is 0.204. The van der Waals surface area contributed by atoms with E-state index in [2.05, 4.69) is 4.98 Å². The first kappa shape index (κ1) is 12.5. The van der Waals surface area contributed by atoms with Crippen molar-refractivity contribution in [2.75, 3.05) is 0 Å². The highest BCUT2D eigenvalue weighted by Crippen LogP contribution is 2.26. The van der Waals surface area contributed by atoms with Gasteiger partial charge in [0.25, 0.3) is 0 Å². The van der Waals surface area contributed by atoms with Crippen LogP contribution < -0.4 is 0 Å². The lowest BCUT2D eigenvalue weighted by Gasteiger charge is -2.07. The molecule has 0 amide bonds. The average Bonchev–Trinajstić information content (AvgIpc) is 2.32. The second-order valence-electron chi connectivity index (χ2n) is 3.73. The summed E-state index contributed by atoms with van der Waals surface area (Å²) in [4.78, 5) is 14.8. The molecule has 0 unspecified atom stereocenters. The van der Waals surface area contributed by atoms with Gasteiger partial charge in [-0.3, -0.25) is 9.78 Å². The fourth-order valence-electron chi connectivity index (χ4n) is 1.63. The van der Waals surface area contributed by atoms with E-state index in [0.717, 1.165) is 0 Å². The van der Waals surface area contributed by atoms with Gasteiger partial charge in [0.15, 0.2) is 0 Å². The maximum atomic E-state index is 12.9. The Morgan fingerprint density at radius 3 is 2.61 bits per heavy atom. The number of hydrogen-bond acceptors (Lipinski definition) is 2. The number of halogens is 2. The zero-order valence-electron chi connectivity index (χ0n) is 9.23. The normalized spacial score (nSPS) is 10.3. The van der Waals surface area contributed by atoms with Crippen LogP contribution in [0.5, 0.6) is 0 Å². The van der Waals surface area contributed by atoms with Gasteiger partial charge in [0.2, 0.25) is 0 Å². The van der Waals surface area contributed by atoms with Crippen molar-refractivity contribution in [2.45, 2.75) is 6.42 Å². The summed E-state index contributed by atoms with van der Waals surface area (Å²) in [5.41, 5.74) is 1.69. The van der Waals surface area contributed by atoms with Gasteiger partial charge >= 0.3 is 5.97 Å². The van der Waals surface area contributed by atoms with Gasteiger partial charge in [-0.05, 0) is 23.8 Å². The molecule has 3 nitrogen and oxygen atoms in total. The predicted molar refractivity (Wildman–Crippen MR) is 66.0 cm³/mol. The van der Waals surface area contributed by atoms with Gasteiger partial charge in [0.1, 0.15) is 5.82 Å². The Balaban J connectivity index is 2.50. The summed E-state index contributed by atoms with van der Waals surface area (Å²) < 4.78 is 12.9. The summed E-state index contributed by atoms with van der Waals surface area (Å²) in [5, 5.41) is 9.22. The Morgan fingerprint density at radius 1 is 1.33 bits per heavy atom. The van der Waals surface area contributed by atoms with Crippen LogP contribution in [0.4, 0.5) is 4.39 Å². The number of benzene rings is 1. The van der Waals surface area contributed by atoms with Crippen LogP contribution in [0, 0.1) is 5.82 Å². The standard InChI is InChI=1S/C13H9ClFNO2/c14-9-5-11(8-1-3-10(15)4-2-8)12(16-7-9)6-13(17)18/h1-5,7H,6H2,(H,17,18). The van der Waals surface area contributed by atoms with E-state index in [4.69, 9.17) is 16.7 Å². The SMILES string of the molecule is O=C(O)Cc1ncc(Cl)cc1-c1ccc(F)cc1. The van der Waals surface area contributed by atoms with Crippen LogP contribution in [0.25, 0.3) is 11.1 Å². The number of rotatable bonds is 3. The number of aliphatic carboxylic acids is 1. The number of carboxylic acids is 1. The molecule has 0 radical (unpaired) electrons. The van der Waals surface area contributed by atoms with Crippen LogP contribution in [0.1, 0.15) is 5.69 Å². The molecule has 0 aliphatic heterocycles. The Bertz CT molecular complexity index is 584. The first-order chi connectivity index (χ1) is 8.56. The van der Waals surface area contributed by atoms with Crippen molar-refractivity contribution in [1.82, 2.24) is 4.98 Å². The zero-order valence-corrected chi connectivity index (χ0v) is 9.99. The summed E-state index contributed by atoms with van der Waals surface area (Å²) in [6.07, 6.45) is 1.19. The van der Waals surface area contributed by atoms with E-state index in [1.165, 1.54) is 18.3 Å². The summed E-state index contributed by atoms with van der Waals surface area (Å²) in [6, 6.07) is 7.36. The molecule has 5 heteroatoms. The van der Waals surface area contributed by atoms with Gasteiger partial charge in [-0.1, -0.05) is 23.7 Å². The molecule has 0 bridgehead atoms. The molecule has 0 aliphatic rings. The highest BCUT2D eigenvalue weighted by atomic mass is 35.5. The third-order valence-corrected chi connectivity index (χ3v) is 2.62. The molecule has 0 saturated carbocycles. The lowest BCUT2D eigenvalue weighted by molar-refractivity contribution is -0.136. The van der Waals surface area contributed by atoms with Crippen molar-refractivity contribution >= 4 is 17.6 Å². The predicted octanol–water partition coefficient (Wildman–Crippen LogP) is 3.17. The van der Waals surface area contributed by atoms with Crippen LogP contribution in [-0.4, -0.2) is 16.1 Å². The van der Waals surface area contributed by atoms with Crippen LogP contribution in [0.3, 0.4) is 0 Å². The van der Waals surface area contributed by atoms with Crippen molar-refractivity contribution in [3.63, 3.8) is 0 Å². The van der Waals surface area contributed by atoms with Crippen LogP contribution in [-0.2, 0) is 11.2 Å². The van der Waals surface area contributed by atoms with Crippen molar-refractivity contribution in [2.24, 2.45) is 0 Å². The van der Waals surface area contributed by atoms with Gasteiger partial charge in [-0.15, -0.1) is 0 Å². The average molecular weight is 266 g/mol. The minimum atomic E-state index is -0.979. The van der Waals surface area contributed by atoms with E-state index < -0.39 is 5.97 Å². The van der Waals surface area contributed by atoms with Gasteiger partial charge < -0.3 is 5.11 Å². The van der Waals surface area contributed by atoms with Gasteiger partial charge in [0, 0.05) is 11.8 Å². The third-order valence-electron chi connectivity index (χ3n) is 2.41. The Labute approximate surface area is 108 Å². The van der Waals surface area contributed by atoms with Gasteiger partial charge in [-0.2, -0.15) is 0 Å². The minimum Gasteiger partial charge on any atom is -0.481 e. The number of carboxylic acid groups (broad SMARTS) is 1. The fraction of sp³-hybridized carbons (Fsp3) is 0.0769. The maximum absolute atomic E-state index is 12.9. The molecule has 18 heavy (non-hydrogen) atoms. The first-order valence-corrected chi connectivity index (χ1v) is 5.56. The second kappa shape index (κ2) is 5.14. The van der Waals surface area contributed by atoms with E-state index in [9.17, 15) is 9.18 Å². The molecule has 1 aromatic heterocycles. The van der Waals surface area contributed by atoms with Crippen molar-refractivity contribution in [1.29, 1.82) is 0 Å². The smallest absolute Gasteiger partial charge is 0.309 e. The molecule has 1 aromatic carbocycles. The third kappa shape index (κ3) is 2.84. The highest BCUT2D eigenvalue weighted by Gasteiger charge is 2.11. The summed E-state index contributed by atoms with van der Waals surface area (Å²) in [7, 11) is 0. The summed E-state index contributed by atoms with van der Waals surface area (Å²) in [6.45, 7) is 0. The lowest BCUT2D eigenvalue weighted by Crippen LogP contribution is -2.04. The molecule has 92 valence electrons. The summed E-state index contributed by atoms with van der Waals surface area (Å²) in [5.74, 6) is -1.33. The molecule has 2 rings (SSSR count).